The molecule has 0 spiro atoms. The Morgan fingerprint density at radius 2 is 1.85 bits per heavy atom. The van der Waals surface area contributed by atoms with E-state index in [2.05, 4.69) is 21.4 Å². The van der Waals surface area contributed by atoms with Crippen LogP contribution < -0.4 is 5.32 Å². The molecule has 4 rings (SSSR count). The lowest BCUT2D eigenvalue weighted by molar-refractivity contribution is -0.121. The summed E-state index contributed by atoms with van der Waals surface area (Å²) in [6.45, 7) is 0.195. The minimum absolute atomic E-state index is 0.117. The van der Waals surface area contributed by atoms with E-state index in [0.29, 0.717) is 18.4 Å². The van der Waals surface area contributed by atoms with Crippen LogP contribution in [0.15, 0.2) is 60.8 Å². The number of rotatable bonds is 5. The van der Waals surface area contributed by atoms with Crippen molar-refractivity contribution in [3.05, 3.63) is 77.9 Å². The molecule has 0 aliphatic carbocycles. The van der Waals surface area contributed by atoms with Gasteiger partial charge in [-0.15, -0.1) is 0 Å². The summed E-state index contributed by atoms with van der Waals surface area (Å²) in [5.74, 6) is -0.423. The number of para-hydroxylation sites is 1. The second-order valence-electron chi connectivity index (χ2n) is 6.26. The van der Waals surface area contributed by atoms with Gasteiger partial charge in [0.1, 0.15) is 5.82 Å². The molecular formula is C21H18FN3O. The first-order valence-electron chi connectivity index (χ1n) is 8.56. The molecule has 2 heterocycles. The topological polar surface area (TPSA) is 57.8 Å². The number of pyridine rings is 1. The van der Waals surface area contributed by atoms with E-state index in [4.69, 9.17) is 0 Å². The van der Waals surface area contributed by atoms with E-state index in [1.165, 1.54) is 6.07 Å². The molecule has 4 aromatic rings. The lowest BCUT2D eigenvalue weighted by Crippen LogP contribution is -2.23. The minimum atomic E-state index is -0.306. The highest BCUT2D eigenvalue weighted by Gasteiger charge is 2.08. The van der Waals surface area contributed by atoms with Gasteiger partial charge in [-0.1, -0.05) is 36.4 Å². The Labute approximate surface area is 150 Å². The number of hydrogen-bond acceptors (Lipinski definition) is 2. The van der Waals surface area contributed by atoms with E-state index < -0.39 is 0 Å². The molecule has 2 aromatic heterocycles. The molecule has 5 heteroatoms. The van der Waals surface area contributed by atoms with Crippen LogP contribution in [0.1, 0.15) is 17.7 Å². The van der Waals surface area contributed by atoms with Gasteiger partial charge in [0, 0.05) is 40.5 Å². The summed E-state index contributed by atoms with van der Waals surface area (Å²) in [6.07, 6.45) is 2.66. The lowest BCUT2D eigenvalue weighted by atomic mass is 10.1. The highest BCUT2D eigenvalue weighted by atomic mass is 19.1. The van der Waals surface area contributed by atoms with Crippen LogP contribution in [-0.4, -0.2) is 15.9 Å². The quantitative estimate of drug-likeness (QED) is 0.571. The maximum atomic E-state index is 13.6. The Kier molecular flexibility index (Phi) is 4.35. The van der Waals surface area contributed by atoms with Gasteiger partial charge in [-0.3, -0.25) is 9.78 Å². The van der Waals surface area contributed by atoms with Crippen LogP contribution in [0.25, 0.3) is 21.8 Å². The maximum Gasteiger partial charge on any atom is 0.220 e. The molecule has 2 aromatic carbocycles. The number of fused-ring (bicyclic) bond motifs is 3. The molecule has 4 nitrogen and oxygen atoms in total. The van der Waals surface area contributed by atoms with Crippen LogP contribution in [0.4, 0.5) is 4.39 Å². The van der Waals surface area contributed by atoms with Crippen molar-refractivity contribution in [1.29, 1.82) is 0 Å². The predicted molar refractivity (Wildman–Crippen MR) is 100 cm³/mol. The molecule has 2 N–H and O–H groups in total. The number of nitrogens with zero attached hydrogens (tertiary/aromatic N) is 1. The number of hydrogen-bond donors (Lipinski definition) is 2. The van der Waals surface area contributed by atoms with Crippen LogP contribution >= 0.6 is 0 Å². The third kappa shape index (κ3) is 3.28. The van der Waals surface area contributed by atoms with Gasteiger partial charge in [-0.05, 0) is 24.6 Å². The molecule has 130 valence electrons. The smallest absolute Gasteiger partial charge is 0.220 e. The molecule has 0 unspecified atom stereocenters. The summed E-state index contributed by atoms with van der Waals surface area (Å²) in [5.41, 5.74) is 3.41. The second kappa shape index (κ2) is 6.96. The molecule has 0 bridgehead atoms. The third-order valence-electron chi connectivity index (χ3n) is 4.49. The summed E-state index contributed by atoms with van der Waals surface area (Å²) < 4.78 is 13.6. The van der Waals surface area contributed by atoms with Crippen LogP contribution in [0.5, 0.6) is 0 Å². The van der Waals surface area contributed by atoms with Gasteiger partial charge in [-0.25, -0.2) is 4.39 Å². The van der Waals surface area contributed by atoms with Crippen LogP contribution in [0, 0.1) is 5.82 Å². The van der Waals surface area contributed by atoms with Gasteiger partial charge in [0.2, 0.25) is 5.91 Å². The van der Waals surface area contributed by atoms with Gasteiger partial charge in [0.15, 0.2) is 0 Å². The number of aryl methyl sites for hydroxylation is 1. The first kappa shape index (κ1) is 16.3. The predicted octanol–water partition coefficient (Wildman–Crippen LogP) is 4.10. The highest BCUT2D eigenvalue weighted by molar-refractivity contribution is 6.06. The van der Waals surface area contributed by atoms with Crippen LogP contribution in [-0.2, 0) is 17.8 Å². The number of H-pyrrole nitrogens is 1. The number of nitrogens with one attached hydrogen (secondary N) is 2. The average Bonchev–Trinajstić information content (AvgIpc) is 3.04. The Hall–Kier alpha value is -3.21. The van der Waals surface area contributed by atoms with E-state index in [1.54, 1.807) is 18.2 Å². The summed E-state index contributed by atoms with van der Waals surface area (Å²) in [6, 6.07) is 16.6. The maximum absolute atomic E-state index is 13.6. The number of aromatic nitrogens is 2. The van der Waals surface area contributed by atoms with Gasteiger partial charge < -0.3 is 10.3 Å². The van der Waals surface area contributed by atoms with Crippen molar-refractivity contribution in [3.63, 3.8) is 0 Å². The Bertz CT molecular complexity index is 1090. The van der Waals surface area contributed by atoms with Crippen molar-refractivity contribution >= 4 is 27.7 Å². The molecule has 0 atom stereocenters. The zero-order valence-corrected chi connectivity index (χ0v) is 14.1. The zero-order valence-electron chi connectivity index (χ0n) is 14.1. The van der Waals surface area contributed by atoms with Gasteiger partial charge >= 0.3 is 0 Å². The number of aromatic amines is 1. The van der Waals surface area contributed by atoms with Crippen molar-refractivity contribution in [2.24, 2.45) is 0 Å². The fraction of sp³-hybridized carbons (Fsp3) is 0.143. The standard InChI is InChI=1S/C21H18FN3O/c22-18-7-3-1-5-14(18)12-24-21(26)10-9-15-11-17-16-6-2-4-8-19(16)25-20(17)13-23-15/h1-8,11,13,25H,9-10,12H2,(H,24,26). The minimum Gasteiger partial charge on any atom is -0.353 e. The van der Waals surface area contributed by atoms with E-state index in [0.717, 1.165) is 27.5 Å². The fourth-order valence-corrected chi connectivity index (χ4v) is 3.10. The second-order valence-corrected chi connectivity index (χ2v) is 6.26. The molecule has 0 saturated carbocycles. The molecule has 0 saturated heterocycles. The number of benzene rings is 2. The van der Waals surface area contributed by atoms with E-state index in [1.807, 2.05) is 30.5 Å². The first-order valence-corrected chi connectivity index (χ1v) is 8.56. The summed E-state index contributed by atoms with van der Waals surface area (Å²) >= 11 is 0. The van der Waals surface area contributed by atoms with Crippen molar-refractivity contribution < 1.29 is 9.18 Å². The monoisotopic (exact) mass is 347 g/mol. The molecule has 0 fully saturated rings. The van der Waals surface area contributed by atoms with Gasteiger partial charge in [0.05, 0.1) is 11.7 Å². The number of amides is 1. The Morgan fingerprint density at radius 3 is 2.73 bits per heavy atom. The molecule has 0 aliphatic rings. The number of halogens is 1. The third-order valence-corrected chi connectivity index (χ3v) is 4.49. The number of carbonyl (C=O) groups is 1. The average molecular weight is 347 g/mol. The van der Waals surface area contributed by atoms with Gasteiger partial charge in [0.25, 0.3) is 0 Å². The van der Waals surface area contributed by atoms with Crippen molar-refractivity contribution in [3.8, 4) is 0 Å². The van der Waals surface area contributed by atoms with Crippen LogP contribution in [0.3, 0.4) is 0 Å². The fourth-order valence-electron chi connectivity index (χ4n) is 3.10. The molecular weight excluding hydrogens is 329 g/mol. The molecule has 0 aliphatic heterocycles. The van der Waals surface area contributed by atoms with E-state index in [9.17, 15) is 9.18 Å². The zero-order chi connectivity index (χ0) is 17.9. The Balaban J connectivity index is 1.42. The van der Waals surface area contributed by atoms with Crippen LogP contribution in [0.2, 0.25) is 0 Å². The summed E-state index contributed by atoms with van der Waals surface area (Å²) in [4.78, 5) is 19.8. The molecule has 1 amide bonds. The van der Waals surface area contributed by atoms with Crippen molar-refractivity contribution in [1.82, 2.24) is 15.3 Å². The normalized spacial score (nSPS) is 11.1. The Morgan fingerprint density at radius 1 is 1.04 bits per heavy atom. The van der Waals surface area contributed by atoms with Gasteiger partial charge in [-0.2, -0.15) is 0 Å². The van der Waals surface area contributed by atoms with Crippen molar-refractivity contribution in [2.75, 3.05) is 0 Å². The van der Waals surface area contributed by atoms with Crippen molar-refractivity contribution in [2.45, 2.75) is 19.4 Å². The summed E-state index contributed by atoms with van der Waals surface area (Å²) in [5, 5.41) is 5.02. The number of carbonyl (C=O) groups excluding carboxylic acids is 1. The summed E-state index contributed by atoms with van der Waals surface area (Å²) in [7, 11) is 0. The first-order chi connectivity index (χ1) is 12.7. The lowest BCUT2D eigenvalue weighted by Gasteiger charge is -2.06. The van der Waals surface area contributed by atoms with E-state index >= 15 is 0 Å². The van der Waals surface area contributed by atoms with E-state index in [-0.39, 0.29) is 18.3 Å². The SMILES string of the molecule is O=C(CCc1cc2c(cn1)[nH]c1ccccc12)NCc1ccccc1F. The molecule has 26 heavy (non-hydrogen) atoms. The largest absolute Gasteiger partial charge is 0.353 e. The molecule has 0 radical (unpaired) electrons. The highest BCUT2D eigenvalue weighted by Crippen LogP contribution is 2.25.